The van der Waals surface area contributed by atoms with Crippen LogP contribution in [0.15, 0.2) is 54.6 Å². The van der Waals surface area contributed by atoms with Gasteiger partial charge >= 0.3 is 6.18 Å². The Morgan fingerprint density at radius 1 is 1.08 bits per heavy atom. The third-order valence-corrected chi connectivity index (χ3v) is 3.75. The second-order valence-electron chi connectivity index (χ2n) is 5.60. The standard InChI is InChI=1S/C18H19F3N2S/c1-13(10-11-14-6-3-2-4-7-14)22-17(24)23-16-9-5-8-15(12-16)18(19,20)21/h2-9,12-13H,10-11H2,1H3,(H2,22,23,24)/t13-/m0/s1. The predicted octanol–water partition coefficient (Wildman–Crippen LogP) is 5.01. The van der Waals surface area contributed by atoms with Crippen LogP contribution in [0.25, 0.3) is 0 Å². The van der Waals surface area contributed by atoms with Crippen LogP contribution in [-0.4, -0.2) is 11.2 Å². The van der Waals surface area contributed by atoms with Crippen molar-refractivity contribution >= 4 is 23.0 Å². The van der Waals surface area contributed by atoms with E-state index in [9.17, 15) is 13.2 Å². The summed E-state index contributed by atoms with van der Waals surface area (Å²) >= 11 is 5.18. The molecule has 0 unspecified atom stereocenters. The van der Waals surface area contributed by atoms with Crippen molar-refractivity contribution in [2.24, 2.45) is 0 Å². The van der Waals surface area contributed by atoms with Gasteiger partial charge in [-0.3, -0.25) is 0 Å². The lowest BCUT2D eigenvalue weighted by molar-refractivity contribution is -0.137. The van der Waals surface area contributed by atoms with Gasteiger partial charge < -0.3 is 10.6 Å². The van der Waals surface area contributed by atoms with Gasteiger partial charge in [0.15, 0.2) is 5.11 Å². The fourth-order valence-corrected chi connectivity index (χ4v) is 2.58. The molecule has 0 spiro atoms. The van der Waals surface area contributed by atoms with Gasteiger partial charge in [-0.25, -0.2) is 0 Å². The van der Waals surface area contributed by atoms with Gasteiger partial charge in [-0.15, -0.1) is 0 Å². The van der Waals surface area contributed by atoms with Crippen LogP contribution in [0.4, 0.5) is 18.9 Å². The van der Waals surface area contributed by atoms with Crippen LogP contribution >= 0.6 is 12.2 Å². The zero-order chi connectivity index (χ0) is 17.6. The van der Waals surface area contributed by atoms with Gasteiger partial charge in [-0.2, -0.15) is 13.2 Å². The Balaban J connectivity index is 1.84. The first-order valence-corrected chi connectivity index (χ1v) is 8.04. The SMILES string of the molecule is C[C@@H](CCc1ccccc1)NC(=S)Nc1cccc(C(F)(F)F)c1. The van der Waals surface area contributed by atoms with Crippen LogP contribution in [0, 0.1) is 0 Å². The second kappa shape index (κ2) is 8.15. The van der Waals surface area contributed by atoms with Gasteiger partial charge in [-0.1, -0.05) is 36.4 Å². The third kappa shape index (κ3) is 5.85. The molecule has 0 radical (unpaired) electrons. The minimum Gasteiger partial charge on any atom is -0.360 e. The maximum Gasteiger partial charge on any atom is 0.416 e. The Morgan fingerprint density at radius 2 is 1.79 bits per heavy atom. The normalized spacial score (nSPS) is 12.5. The Labute approximate surface area is 145 Å². The number of alkyl halides is 3. The summed E-state index contributed by atoms with van der Waals surface area (Å²) < 4.78 is 38.1. The molecule has 0 aliphatic rings. The summed E-state index contributed by atoms with van der Waals surface area (Å²) in [7, 11) is 0. The lowest BCUT2D eigenvalue weighted by Crippen LogP contribution is -2.36. The smallest absolute Gasteiger partial charge is 0.360 e. The van der Waals surface area contributed by atoms with Crippen molar-refractivity contribution in [3.63, 3.8) is 0 Å². The predicted molar refractivity (Wildman–Crippen MR) is 95.0 cm³/mol. The molecular formula is C18H19F3N2S. The highest BCUT2D eigenvalue weighted by molar-refractivity contribution is 7.80. The van der Waals surface area contributed by atoms with Crippen LogP contribution in [0.3, 0.4) is 0 Å². The summed E-state index contributed by atoms with van der Waals surface area (Å²) in [4.78, 5) is 0. The number of benzene rings is 2. The Morgan fingerprint density at radius 3 is 2.46 bits per heavy atom. The molecule has 0 bridgehead atoms. The molecule has 24 heavy (non-hydrogen) atoms. The first-order chi connectivity index (χ1) is 11.3. The second-order valence-corrected chi connectivity index (χ2v) is 6.01. The molecule has 0 saturated carbocycles. The van der Waals surface area contributed by atoms with Crippen molar-refractivity contribution in [1.82, 2.24) is 5.32 Å². The van der Waals surface area contributed by atoms with Gasteiger partial charge in [0.05, 0.1) is 5.56 Å². The molecule has 2 aromatic carbocycles. The molecule has 1 atom stereocenters. The van der Waals surface area contributed by atoms with Gasteiger partial charge in [-0.05, 0) is 55.7 Å². The largest absolute Gasteiger partial charge is 0.416 e. The number of thiocarbonyl (C=S) groups is 1. The summed E-state index contributed by atoms with van der Waals surface area (Å²) in [6.07, 6.45) is -2.59. The number of anilines is 1. The fraction of sp³-hybridized carbons (Fsp3) is 0.278. The number of rotatable bonds is 5. The molecule has 0 fully saturated rings. The third-order valence-electron chi connectivity index (χ3n) is 3.53. The Kier molecular flexibility index (Phi) is 6.20. The van der Waals surface area contributed by atoms with E-state index in [2.05, 4.69) is 22.8 Å². The minimum absolute atomic E-state index is 0.107. The van der Waals surface area contributed by atoms with E-state index in [4.69, 9.17) is 12.2 Å². The van der Waals surface area contributed by atoms with E-state index in [1.807, 2.05) is 25.1 Å². The summed E-state index contributed by atoms with van der Waals surface area (Å²) in [5, 5.41) is 6.21. The first kappa shape index (κ1) is 18.3. The van der Waals surface area contributed by atoms with Crippen LogP contribution in [0.1, 0.15) is 24.5 Å². The number of halogens is 3. The molecule has 2 nitrogen and oxygen atoms in total. The van der Waals surface area contributed by atoms with Crippen molar-refractivity contribution in [3.8, 4) is 0 Å². The number of hydrogen-bond donors (Lipinski definition) is 2. The molecule has 2 N–H and O–H groups in total. The summed E-state index contributed by atoms with van der Waals surface area (Å²) in [5.41, 5.74) is 0.855. The molecule has 0 amide bonds. The molecule has 128 valence electrons. The van der Waals surface area contributed by atoms with Crippen molar-refractivity contribution in [2.45, 2.75) is 32.0 Å². The van der Waals surface area contributed by atoms with E-state index >= 15 is 0 Å². The zero-order valence-electron chi connectivity index (χ0n) is 13.2. The Hall–Kier alpha value is -2.08. The fourth-order valence-electron chi connectivity index (χ4n) is 2.26. The van der Waals surface area contributed by atoms with Crippen molar-refractivity contribution < 1.29 is 13.2 Å². The van der Waals surface area contributed by atoms with E-state index in [0.717, 1.165) is 25.0 Å². The van der Waals surface area contributed by atoms with Gasteiger partial charge in [0.25, 0.3) is 0 Å². The van der Waals surface area contributed by atoms with E-state index in [1.54, 1.807) is 6.07 Å². The lowest BCUT2D eigenvalue weighted by Gasteiger charge is -2.17. The molecule has 2 aromatic rings. The summed E-state index contributed by atoms with van der Waals surface area (Å²) in [6, 6.07) is 15.2. The number of aryl methyl sites for hydroxylation is 1. The number of nitrogens with one attached hydrogen (secondary N) is 2. The molecule has 2 rings (SSSR count). The molecule has 0 aromatic heterocycles. The molecule has 0 aliphatic carbocycles. The quantitative estimate of drug-likeness (QED) is 0.740. The van der Waals surface area contributed by atoms with Gasteiger partial charge in [0.1, 0.15) is 0 Å². The van der Waals surface area contributed by atoms with Crippen LogP contribution < -0.4 is 10.6 Å². The average molecular weight is 352 g/mol. The van der Waals surface area contributed by atoms with Gasteiger partial charge in [0, 0.05) is 11.7 Å². The average Bonchev–Trinajstić information content (AvgIpc) is 2.53. The van der Waals surface area contributed by atoms with Crippen LogP contribution in [0.2, 0.25) is 0 Å². The van der Waals surface area contributed by atoms with Crippen molar-refractivity contribution in [1.29, 1.82) is 0 Å². The summed E-state index contributed by atoms with van der Waals surface area (Å²) in [5.74, 6) is 0. The zero-order valence-corrected chi connectivity index (χ0v) is 14.0. The minimum atomic E-state index is -4.37. The van der Waals surface area contributed by atoms with Crippen molar-refractivity contribution in [2.75, 3.05) is 5.32 Å². The number of hydrogen-bond acceptors (Lipinski definition) is 1. The molecule has 0 aliphatic heterocycles. The van der Waals surface area contributed by atoms with Gasteiger partial charge in [0.2, 0.25) is 0 Å². The van der Waals surface area contributed by atoms with Crippen molar-refractivity contribution in [3.05, 3.63) is 65.7 Å². The monoisotopic (exact) mass is 352 g/mol. The maximum atomic E-state index is 12.7. The topological polar surface area (TPSA) is 24.1 Å². The van der Waals surface area contributed by atoms with E-state index in [1.165, 1.54) is 11.6 Å². The lowest BCUT2D eigenvalue weighted by atomic mass is 10.1. The molecular weight excluding hydrogens is 333 g/mol. The van der Waals surface area contributed by atoms with Crippen LogP contribution in [0.5, 0.6) is 0 Å². The van der Waals surface area contributed by atoms with E-state index < -0.39 is 11.7 Å². The highest BCUT2D eigenvalue weighted by atomic mass is 32.1. The van der Waals surface area contributed by atoms with E-state index in [-0.39, 0.29) is 6.04 Å². The first-order valence-electron chi connectivity index (χ1n) is 7.63. The molecule has 0 heterocycles. The van der Waals surface area contributed by atoms with Crippen LogP contribution in [-0.2, 0) is 12.6 Å². The summed E-state index contributed by atoms with van der Waals surface area (Å²) in [6.45, 7) is 1.99. The van der Waals surface area contributed by atoms with E-state index in [0.29, 0.717) is 10.8 Å². The highest BCUT2D eigenvalue weighted by Gasteiger charge is 2.30. The maximum absolute atomic E-state index is 12.7. The highest BCUT2D eigenvalue weighted by Crippen LogP contribution is 2.30. The Bertz CT molecular complexity index is 671. The molecule has 6 heteroatoms. The molecule has 0 saturated heterocycles.